The van der Waals surface area contributed by atoms with E-state index in [0.717, 1.165) is 27.8 Å². The third kappa shape index (κ3) is 4.57. The third-order valence-electron chi connectivity index (χ3n) is 5.38. The van der Waals surface area contributed by atoms with Crippen LogP contribution in [0.2, 0.25) is 0 Å². The molecule has 5 nitrogen and oxygen atoms in total. The van der Waals surface area contributed by atoms with Crippen LogP contribution in [-0.4, -0.2) is 17.5 Å². The van der Waals surface area contributed by atoms with Gasteiger partial charge in [-0.15, -0.1) is 0 Å². The summed E-state index contributed by atoms with van der Waals surface area (Å²) in [7, 11) is 0. The molecule has 0 fully saturated rings. The molecule has 1 heterocycles. The Labute approximate surface area is 187 Å². The van der Waals surface area contributed by atoms with Crippen molar-refractivity contribution in [2.24, 2.45) is 0 Å². The minimum Gasteiger partial charge on any atom is -0.494 e. The highest BCUT2D eigenvalue weighted by Crippen LogP contribution is 2.24. The van der Waals surface area contributed by atoms with E-state index in [1.165, 1.54) is 0 Å². The maximum Gasteiger partial charge on any atom is 0.258 e. The van der Waals surface area contributed by atoms with Gasteiger partial charge in [0.05, 0.1) is 13.2 Å². The van der Waals surface area contributed by atoms with Gasteiger partial charge in [0.1, 0.15) is 5.75 Å². The molecular formula is C27H26N2O3. The number of benzene rings is 3. The van der Waals surface area contributed by atoms with Crippen LogP contribution in [0.5, 0.6) is 5.75 Å². The first-order valence-corrected chi connectivity index (χ1v) is 10.7. The Balaban J connectivity index is 1.76. The first-order valence-electron chi connectivity index (χ1n) is 10.7. The fourth-order valence-electron chi connectivity index (χ4n) is 3.75. The van der Waals surface area contributed by atoms with E-state index >= 15 is 0 Å². The predicted molar refractivity (Wildman–Crippen MR) is 129 cm³/mol. The molecule has 0 unspecified atom stereocenters. The number of carbonyl (C=O) groups excluding carboxylic acids is 1. The maximum absolute atomic E-state index is 13.5. The summed E-state index contributed by atoms with van der Waals surface area (Å²) >= 11 is 0. The van der Waals surface area contributed by atoms with Crippen LogP contribution >= 0.6 is 0 Å². The Morgan fingerprint density at radius 1 is 0.938 bits per heavy atom. The quantitative estimate of drug-likeness (QED) is 0.450. The summed E-state index contributed by atoms with van der Waals surface area (Å²) in [6.45, 7) is 6.58. The number of fused-ring (bicyclic) bond motifs is 1. The zero-order valence-electron chi connectivity index (χ0n) is 18.5. The number of aromatic nitrogens is 1. The van der Waals surface area contributed by atoms with Crippen molar-refractivity contribution >= 4 is 22.5 Å². The van der Waals surface area contributed by atoms with E-state index < -0.39 is 0 Å². The minimum atomic E-state index is -0.198. The number of nitrogens with one attached hydrogen (secondary N) is 1. The lowest BCUT2D eigenvalue weighted by Gasteiger charge is -2.23. The molecule has 0 saturated carbocycles. The van der Waals surface area contributed by atoms with Crippen molar-refractivity contribution in [2.45, 2.75) is 27.3 Å². The monoisotopic (exact) mass is 426 g/mol. The molecule has 5 heteroatoms. The molecule has 0 saturated heterocycles. The van der Waals surface area contributed by atoms with Gasteiger partial charge < -0.3 is 14.6 Å². The van der Waals surface area contributed by atoms with Crippen molar-refractivity contribution in [2.75, 3.05) is 11.5 Å². The zero-order chi connectivity index (χ0) is 22.7. The van der Waals surface area contributed by atoms with Crippen molar-refractivity contribution in [3.63, 3.8) is 0 Å². The maximum atomic E-state index is 13.5. The van der Waals surface area contributed by atoms with Crippen LogP contribution in [0.25, 0.3) is 10.9 Å². The molecule has 0 bridgehead atoms. The van der Waals surface area contributed by atoms with Gasteiger partial charge >= 0.3 is 0 Å². The number of aromatic amines is 1. The summed E-state index contributed by atoms with van der Waals surface area (Å²) in [6.07, 6.45) is 0. The lowest BCUT2D eigenvalue weighted by molar-refractivity contribution is 0.0985. The standard InChI is InChI=1S/C27H26N2O3/c1-4-32-24-12-10-23(11-13-24)29(27(31)21-7-5-6-18(2)14-21)17-22-16-20-9-8-19(3)15-25(20)28-26(22)30/h5-16H,4,17H2,1-3H3,(H,28,30). The van der Waals surface area contributed by atoms with E-state index in [0.29, 0.717) is 23.4 Å². The molecule has 4 aromatic rings. The van der Waals surface area contributed by atoms with E-state index in [4.69, 9.17) is 4.74 Å². The number of rotatable bonds is 6. The molecule has 1 aromatic heterocycles. The molecule has 0 aliphatic rings. The van der Waals surface area contributed by atoms with Gasteiger partial charge in [-0.2, -0.15) is 0 Å². The number of carbonyl (C=O) groups is 1. The van der Waals surface area contributed by atoms with Crippen LogP contribution in [0.1, 0.15) is 34.0 Å². The number of H-pyrrole nitrogens is 1. The number of aryl methyl sites for hydroxylation is 2. The second kappa shape index (κ2) is 9.10. The molecule has 0 aliphatic heterocycles. The zero-order valence-corrected chi connectivity index (χ0v) is 18.5. The summed E-state index contributed by atoms with van der Waals surface area (Å²) in [5, 5.41) is 0.930. The topological polar surface area (TPSA) is 62.4 Å². The van der Waals surface area contributed by atoms with Crippen LogP contribution in [-0.2, 0) is 6.54 Å². The van der Waals surface area contributed by atoms with E-state index in [1.54, 1.807) is 11.0 Å². The average Bonchev–Trinajstić information content (AvgIpc) is 2.78. The van der Waals surface area contributed by atoms with Crippen molar-refractivity contribution in [1.29, 1.82) is 0 Å². The Morgan fingerprint density at radius 3 is 2.41 bits per heavy atom. The fraction of sp³-hybridized carbons (Fsp3) is 0.185. The normalized spacial score (nSPS) is 10.8. The molecule has 4 rings (SSSR count). The summed E-state index contributed by atoms with van der Waals surface area (Å²) in [5.74, 6) is 0.569. The van der Waals surface area contributed by atoms with Gasteiger partial charge in [-0.1, -0.05) is 29.8 Å². The summed E-state index contributed by atoms with van der Waals surface area (Å²) in [5.41, 5.74) is 4.46. The Bertz CT molecular complexity index is 1320. The predicted octanol–water partition coefficient (Wildman–Crippen LogP) is 5.39. The van der Waals surface area contributed by atoms with Crippen LogP contribution < -0.4 is 15.2 Å². The van der Waals surface area contributed by atoms with Gasteiger partial charge in [0.2, 0.25) is 0 Å². The molecule has 0 radical (unpaired) electrons. The highest BCUT2D eigenvalue weighted by molar-refractivity contribution is 6.06. The number of hydrogen-bond acceptors (Lipinski definition) is 3. The minimum absolute atomic E-state index is 0.153. The van der Waals surface area contributed by atoms with Gasteiger partial charge in [-0.25, -0.2) is 0 Å². The van der Waals surface area contributed by atoms with E-state index in [-0.39, 0.29) is 18.0 Å². The summed E-state index contributed by atoms with van der Waals surface area (Å²) in [6, 6.07) is 22.6. The molecule has 0 spiro atoms. The lowest BCUT2D eigenvalue weighted by Crippen LogP contribution is -2.33. The molecule has 1 N–H and O–H groups in total. The number of anilines is 1. The number of nitrogens with zero attached hydrogens (tertiary/aromatic N) is 1. The molecule has 3 aromatic carbocycles. The molecular weight excluding hydrogens is 400 g/mol. The molecule has 0 atom stereocenters. The van der Waals surface area contributed by atoms with Crippen LogP contribution in [0.4, 0.5) is 5.69 Å². The second-order valence-corrected chi connectivity index (χ2v) is 7.90. The molecule has 0 aliphatic carbocycles. The van der Waals surface area contributed by atoms with Gasteiger partial charge in [0.25, 0.3) is 11.5 Å². The fourth-order valence-corrected chi connectivity index (χ4v) is 3.75. The highest BCUT2D eigenvalue weighted by atomic mass is 16.5. The number of pyridine rings is 1. The summed E-state index contributed by atoms with van der Waals surface area (Å²) < 4.78 is 5.54. The van der Waals surface area contributed by atoms with Crippen LogP contribution in [0.3, 0.4) is 0 Å². The van der Waals surface area contributed by atoms with Crippen molar-refractivity contribution in [3.05, 3.63) is 105 Å². The largest absolute Gasteiger partial charge is 0.494 e. The Kier molecular flexibility index (Phi) is 6.08. The number of amides is 1. The molecule has 162 valence electrons. The Morgan fingerprint density at radius 2 is 1.69 bits per heavy atom. The van der Waals surface area contributed by atoms with Crippen LogP contribution in [0.15, 0.2) is 77.6 Å². The van der Waals surface area contributed by atoms with E-state index in [1.807, 2.05) is 87.5 Å². The first kappa shape index (κ1) is 21.4. The Hall–Kier alpha value is -3.86. The van der Waals surface area contributed by atoms with Gasteiger partial charge in [0.15, 0.2) is 0 Å². The van der Waals surface area contributed by atoms with Crippen molar-refractivity contribution in [3.8, 4) is 5.75 Å². The van der Waals surface area contributed by atoms with E-state index in [9.17, 15) is 9.59 Å². The van der Waals surface area contributed by atoms with Crippen LogP contribution in [0, 0.1) is 13.8 Å². The number of ether oxygens (including phenoxy) is 1. The van der Waals surface area contributed by atoms with Gasteiger partial charge in [-0.3, -0.25) is 9.59 Å². The third-order valence-corrected chi connectivity index (χ3v) is 5.38. The van der Waals surface area contributed by atoms with Gasteiger partial charge in [-0.05, 0) is 80.3 Å². The lowest BCUT2D eigenvalue weighted by atomic mass is 10.1. The number of hydrogen-bond donors (Lipinski definition) is 1. The SMILES string of the molecule is CCOc1ccc(N(Cc2cc3ccc(C)cc3[nH]c2=O)C(=O)c2cccc(C)c2)cc1. The average molecular weight is 427 g/mol. The molecule has 1 amide bonds. The van der Waals surface area contributed by atoms with E-state index in [2.05, 4.69) is 4.98 Å². The smallest absolute Gasteiger partial charge is 0.258 e. The van der Waals surface area contributed by atoms with Crippen molar-refractivity contribution < 1.29 is 9.53 Å². The first-order chi connectivity index (χ1) is 15.4. The van der Waals surface area contributed by atoms with Gasteiger partial charge in [0, 0.05) is 22.3 Å². The molecule has 32 heavy (non-hydrogen) atoms. The highest BCUT2D eigenvalue weighted by Gasteiger charge is 2.20. The van der Waals surface area contributed by atoms with Crippen molar-refractivity contribution in [1.82, 2.24) is 4.98 Å². The summed E-state index contributed by atoms with van der Waals surface area (Å²) in [4.78, 5) is 31.0. The second-order valence-electron chi connectivity index (χ2n) is 7.90.